The highest BCUT2D eigenvalue weighted by molar-refractivity contribution is 7.89. The topological polar surface area (TPSA) is 66.4 Å². The summed E-state index contributed by atoms with van der Waals surface area (Å²) >= 11 is 7.79. The van der Waals surface area contributed by atoms with E-state index in [2.05, 4.69) is 32.6 Å². The second kappa shape index (κ2) is 9.29. The number of sulfonamides is 1. The van der Waals surface area contributed by atoms with Gasteiger partial charge in [-0.1, -0.05) is 39.3 Å². The molecule has 1 aliphatic carbocycles. The number of benzene rings is 1. The van der Waals surface area contributed by atoms with Crippen LogP contribution in [0.3, 0.4) is 0 Å². The highest BCUT2D eigenvalue weighted by Crippen LogP contribution is 2.45. The first kappa shape index (κ1) is 24.9. The lowest BCUT2D eigenvalue weighted by Gasteiger charge is -2.36. The molecule has 9 heteroatoms. The molecule has 1 saturated heterocycles. The largest absolute Gasteiger partial charge is 0.353 e. The molecule has 0 amide bonds. The smallest absolute Gasteiger partial charge is 0.243 e. The van der Waals surface area contributed by atoms with Gasteiger partial charge in [0, 0.05) is 42.5 Å². The summed E-state index contributed by atoms with van der Waals surface area (Å²) in [6, 6.07) is 6.40. The molecule has 0 unspecified atom stereocenters. The number of hydrogen-bond acceptors (Lipinski definition) is 6. The first-order valence-corrected chi connectivity index (χ1v) is 15.0. The molecule has 1 aliphatic heterocycles. The van der Waals surface area contributed by atoms with Crippen molar-refractivity contribution < 1.29 is 8.42 Å². The minimum absolute atomic E-state index is 0.286. The number of halogens is 1. The average Bonchev–Trinajstić information content (AvgIpc) is 3.21. The van der Waals surface area contributed by atoms with Crippen molar-refractivity contribution in [3.63, 3.8) is 0 Å². The highest BCUT2D eigenvalue weighted by Gasteiger charge is 2.34. The van der Waals surface area contributed by atoms with Crippen molar-refractivity contribution in [1.82, 2.24) is 14.3 Å². The molecule has 2 aliphatic rings. The van der Waals surface area contributed by atoms with Gasteiger partial charge in [-0.15, -0.1) is 11.3 Å². The summed E-state index contributed by atoms with van der Waals surface area (Å²) in [4.78, 5) is 15.0. The molecule has 3 aromatic rings. The zero-order chi connectivity index (χ0) is 25.0. The van der Waals surface area contributed by atoms with Crippen molar-refractivity contribution in [3.8, 4) is 0 Å². The Bertz CT molecular complexity index is 1340. The van der Waals surface area contributed by atoms with Gasteiger partial charge < -0.3 is 4.90 Å². The summed E-state index contributed by atoms with van der Waals surface area (Å²) < 4.78 is 27.9. The van der Waals surface area contributed by atoms with Gasteiger partial charge >= 0.3 is 0 Å². The molecule has 1 aromatic carbocycles. The monoisotopic (exact) mass is 532 g/mol. The lowest BCUT2D eigenvalue weighted by molar-refractivity contribution is 0.218. The van der Waals surface area contributed by atoms with E-state index in [-0.39, 0.29) is 4.90 Å². The van der Waals surface area contributed by atoms with Gasteiger partial charge in [0.15, 0.2) is 0 Å². The Balaban J connectivity index is 1.44. The van der Waals surface area contributed by atoms with Crippen LogP contribution in [0, 0.1) is 11.3 Å². The summed E-state index contributed by atoms with van der Waals surface area (Å²) in [5.74, 6) is 2.52. The molecule has 0 radical (unpaired) electrons. The molecule has 6 nitrogen and oxygen atoms in total. The van der Waals surface area contributed by atoms with Crippen LogP contribution in [0.2, 0.25) is 5.02 Å². The fourth-order valence-electron chi connectivity index (χ4n) is 5.22. The van der Waals surface area contributed by atoms with Gasteiger partial charge in [-0.3, -0.25) is 0 Å². The second-order valence-corrected chi connectivity index (χ2v) is 14.1. The number of aryl methyl sites for hydroxylation is 2. The van der Waals surface area contributed by atoms with E-state index in [0.29, 0.717) is 42.5 Å². The van der Waals surface area contributed by atoms with Crippen molar-refractivity contribution in [2.24, 2.45) is 11.3 Å². The standard InChI is InChI=1S/C26H33ClN4O2S2/c1-5-22-28-24(23-20-11-6-17(26(2,3)4)16-21(20)34-25(23)29-22)30-12-14-31(15-13-30)35(32,33)19-9-7-18(27)8-10-19/h7-10,17H,5-6,11-16H2,1-4H3/t17-/m0/s1. The molecule has 0 N–H and O–H groups in total. The van der Waals surface area contributed by atoms with Gasteiger partial charge in [0.05, 0.1) is 10.3 Å². The van der Waals surface area contributed by atoms with Crippen LogP contribution < -0.4 is 4.90 Å². The maximum Gasteiger partial charge on any atom is 0.243 e. The van der Waals surface area contributed by atoms with Crippen molar-refractivity contribution >= 4 is 49.0 Å². The summed E-state index contributed by atoms with van der Waals surface area (Å²) in [5, 5.41) is 1.73. The molecule has 1 atom stereocenters. The van der Waals surface area contributed by atoms with E-state index in [0.717, 1.165) is 35.7 Å². The van der Waals surface area contributed by atoms with Crippen LogP contribution in [0.25, 0.3) is 10.2 Å². The number of anilines is 1. The normalized spacial score (nSPS) is 19.8. The summed E-state index contributed by atoms with van der Waals surface area (Å²) in [6.07, 6.45) is 4.13. The fourth-order valence-corrected chi connectivity index (χ4v) is 8.08. The minimum Gasteiger partial charge on any atom is -0.353 e. The minimum atomic E-state index is -3.55. The molecule has 0 bridgehead atoms. The molecule has 0 saturated carbocycles. The van der Waals surface area contributed by atoms with E-state index in [1.165, 1.54) is 22.2 Å². The summed E-state index contributed by atoms with van der Waals surface area (Å²) in [6.45, 7) is 11.2. The average molecular weight is 533 g/mol. The number of thiophene rings is 1. The number of fused-ring (bicyclic) bond motifs is 3. The van der Waals surface area contributed by atoms with Crippen LogP contribution in [0.5, 0.6) is 0 Å². The molecule has 1 fully saturated rings. The van der Waals surface area contributed by atoms with Crippen LogP contribution >= 0.6 is 22.9 Å². The maximum atomic E-state index is 13.2. The van der Waals surface area contributed by atoms with Crippen molar-refractivity contribution in [3.05, 3.63) is 45.6 Å². The number of rotatable bonds is 4. The third-order valence-corrected chi connectivity index (χ3v) is 10.8. The van der Waals surface area contributed by atoms with Crippen LogP contribution in [-0.4, -0.2) is 48.9 Å². The molecule has 5 rings (SSSR count). The van der Waals surface area contributed by atoms with Crippen LogP contribution in [0.1, 0.15) is 50.4 Å². The highest BCUT2D eigenvalue weighted by atomic mass is 35.5. The molecule has 2 aromatic heterocycles. The van der Waals surface area contributed by atoms with Gasteiger partial charge in [-0.05, 0) is 60.4 Å². The van der Waals surface area contributed by atoms with Gasteiger partial charge in [0.25, 0.3) is 0 Å². The van der Waals surface area contributed by atoms with E-state index >= 15 is 0 Å². The lowest BCUT2D eigenvalue weighted by Crippen LogP contribution is -2.49. The number of piperazine rings is 1. The molecular weight excluding hydrogens is 500 g/mol. The van der Waals surface area contributed by atoms with E-state index < -0.39 is 10.0 Å². The summed E-state index contributed by atoms with van der Waals surface area (Å²) in [7, 11) is -3.55. The molecule has 0 spiro atoms. The van der Waals surface area contributed by atoms with Crippen molar-refractivity contribution in [2.45, 2.75) is 58.3 Å². The van der Waals surface area contributed by atoms with Crippen LogP contribution in [0.4, 0.5) is 5.82 Å². The van der Waals surface area contributed by atoms with Crippen LogP contribution in [0.15, 0.2) is 29.2 Å². The first-order valence-electron chi connectivity index (χ1n) is 12.4. The SMILES string of the molecule is CCc1nc(N2CCN(S(=O)(=O)c3ccc(Cl)cc3)CC2)c2c3c(sc2n1)C[C@@H](C(C)(C)C)CC3. The van der Waals surface area contributed by atoms with Crippen LogP contribution in [-0.2, 0) is 29.3 Å². The van der Waals surface area contributed by atoms with Crippen molar-refractivity contribution in [1.29, 1.82) is 0 Å². The maximum absolute atomic E-state index is 13.2. The van der Waals surface area contributed by atoms with E-state index in [4.69, 9.17) is 21.6 Å². The molecule has 188 valence electrons. The summed E-state index contributed by atoms with van der Waals surface area (Å²) in [5.41, 5.74) is 1.71. The Hall–Kier alpha value is -1.74. The van der Waals surface area contributed by atoms with Gasteiger partial charge in [-0.25, -0.2) is 18.4 Å². The van der Waals surface area contributed by atoms with E-state index in [9.17, 15) is 8.42 Å². The van der Waals surface area contributed by atoms with Gasteiger partial charge in [0.2, 0.25) is 10.0 Å². The van der Waals surface area contributed by atoms with Gasteiger partial charge in [0.1, 0.15) is 16.5 Å². The zero-order valence-electron chi connectivity index (χ0n) is 20.8. The molecule has 3 heterocycles. The number of aromatic nitrogens is 2. The Morgan fingerprint density at radius 1 is 1.09 bits per heavy atom. The predicted molar refractivity (Wildman–Crippen MR) is 144 cm³/mol. The second-order valence-electron chi connectivity index (χ2n) is 10.7. The van der Waals surface area contributed by atoms with Gasteiger partial charge in [-0.2, -0.15) is 4.31 Å². The number of nitrogens with zero attached hydrogens (tertiary/aromatic N) is 4. The number of hydrogen-bond donors (Lipinski definition) is 0. The molecule has 35 heavy (non-hydrogen) atoms. The molecular formula is C26H33ClN4O2S2. The fraction of sp³-hybridized carbons (Fsp3) is 0.538. The Morgan fingerprint density at radius 2 is 1.77 bits per heavy atom. The third-order valence-electron chi connectivity index (χ3n) is 7.47. The van der Waals surface area contributed by atoms with Crippen molar-refractivity contribution in [2.75, 3.05) is 31.1 Å². The third kappa shape index (κ3) is 4.70. The zero-order valence-corrected chi connectivity index (χ0v) is 23.2. The van der Waals surface area contributed by atoms with E-state index in [1.54, 1.807) is 28.6 Å². The Labute approximate surface area is 217 Å². The quantitative estimate of drug-likeness (QED) is 0.439. The Morgan fingerprint density at radius 3 is 2.40 bits per heavy atom. The lowest BCUT2D eigenvalue weighted by atomic mass is 9.72. The van der Waals surface area contributed by atoms with E-state index in [1.807, 2.05) is 11.3 Å². The predicted octanol–water partition coefficient (Wildman–Crippen LogP) is 5.57. The Kier molecular flexibility index (Phi) is 6.62. The first-order chi connectivity index (χ1) is 16.6.